The maximum Gasteiger partial charge on any atom is 0.411 e. The molecule has 0 aliphatic heterocycles. The monoisotopic (exact) mass is 268 g/mol. The second-order valence-corrected chi connectivity index (χ2v) is 4.17. The van der Waals surface area contributed by atoms with Crippen LogP contribution in [0.5, 0.6) is 0 Å². The molecule has 0 aliphatic carbocycles. The maximum absolute atomic E-state index is 11.8. The van der Waals surface area contributed by atoms with Crippen LogP contribution in [0.4, 0.5) is 18.3 Å². The third-order valence-electron chi connectivity index (χ3n) is 1.76. The van der Waals surface area contributed by atoms with Crippen molar-refractivity contribution < 1.29 is 22.7 Å². The minimum Gasteiger partial charge on any atom is -0.362 e. The molecule has 0 bridgehead atoms. The van der Waals surface area contributed by atoms with Crippen molar-refractivity contribution in [2.24, 2.45) is 0 Å². The topological polar surface area (TPSA) is 42.4 Å². The Balaban J connectivity index is 2.43. The van der Waals surface area contributed by atoms with Crippen LogP contribution >= 0.6 is 11.3 Å². The largest absolute Gasteiger partial charge is 0.411 e. The van der Waals surface area contributed by atoms with E-state index in [9.17, 15) is 18.0 Å². The first kappa shape index (κ1) is 13.9. The molecule has 0 aliphatic rings. The van der Waals surface area contributed by atoms with Crippen LogP contribution in [0.3, 0.4) is 0 Å². The van der Waals surface area contributed by atoms with Crippen LogP contribution in [0.15, 0.2) is 5.38 Å². The number of likely N-dealkylation sites (N-methyl/N-ethyl adjacent to an activating group) is 1. The van der Waals surface area contributed by atoms with E-state index in [2.05, 4.69) is 9.72 Å². The SMILES string of the molecule is Cc1csc(N(C)C(=O)COCC(F)(F)F)n1. The Morgan fingerprint density at radius 3 is 2.71 bits per heavy atom. The molecule has 1 aromatic rings. The Bertz CT molecular complexity index is 392. The summed E-state index contributed by atoms with van der Waals surface area (Å²) in [5, 5.41) is 2.18. The normalized spacial score (nSPS) is 11.6. The summed E-state index contributed by atoms with van der Waals surface area (Å²) in [5.41, 5.74) is 0.751. The number of alkyl halides is 3. The second-order valence-electron chi connectivity index (χ2n) is 3.33. The van der Waals surface area contributed by atoms with Crippen molar-refractivity contribution >= 4 is 22.4 Å². The molecule has 17 heavy (non-hydrogen) atoms. The Morgan fingerprint density at radius 2 is 2.24 bits per heavy atom. The van der Waals surface area contributed by atoms with Crippen LogP contribution in [-0.2, 0) is 9.53 Å². The summed E-state index contributed by atoms with van der Waals surface area (Å²) in [7, 11) is 1.44. The molecule has 0 saturated heterocycles. The quantitative estimate of drug-likeness (QED) is 0.838. The zero-order valence-electron chi connectivity index (χ0n) is 9.24. The highest BCUT2D eigenvalue weighted by atomic mass is 32.1. The number of hydrogen-bond acceptors (Lipinski definition) is 4. The summed E-state index contributed by atoms with van der Waals surface area (Å²) >= 11 is 1.24. The van der Waals surface area contributed by atoms with Crippen LogP contribution in [0.2, 0.25) is 0 Å². The maximum atomic E-state index is 11.8. The summed E-state index contributed by atoms with van der Waals surface area (Å²) < 4.78 is 39.6. The molecule has 0 fully saturated rings. The van der Waals surface area contributed by atoms with Gasteiger partial charge in [-0.15, -0.1) is 11.3 Å². The van der Waals surface area contributed by atoms with Gasteiger partial charge in [0, 0.05) is 12.4 Å². The van der Waals surface area contributed by atoms with Gasteiger partial charge in [0.2, 0.25) is 0 Å². The van der Waals surface area contributed by atoms with Crippen LogP contribution in [0, 0.1) is 6.92 Å². The van der Waals surface area contributed by atoms with E-state index in [0.717, 1.165) is 5.69 Å². The first-order chi connectivity index (χ1) is 7.79. The molecule has 0 saturated carbocycles. The van der Waals surface area contributed by atoms with Gasteiger partial charge in [0.15, 0.2) is 5.13 Å². The fourth-order valence-corrected chi connectivity index (χ4v) is 1.74. The summed E-state index contributed by atoms with van der Waals surface area (Å²) in [5.74, 6) is -0.566. The number of carbonyl (C=O) groups excluding carboxylic acids is 1. The van der Waals surface area contributed by atoms with Gasteiger partial charge >= 0.3 is 6.18 Å². The number of halogens is 3. The zero-order valence-corrected chi connectivity index (χ0v) is 10.1. The first-order valence-corrected chi connectivity index (χ1v) is 5.51. The number of hydrogen-bond donors (Lipinski definition) is 0. The smallest absolute Gasteiger partial charge is 0.362 e. The van der Waals surface area contributed by atoms with Crippen molar-refractivity contribution in [3.05, 3.63) is 11.1 Å². The van der Waals surface area contributed by atoms with E-state index in [-0.39, 0.29) is 0 Å². The molecular formula is C9H11F3N2O2S. The predicted molar refractivity (Wildman–Crippen MR) is 57.1 cm³/mol. The molecule has 0 atom stereocenters. The lowest BCUT2D eigenvalue weighted by Crippen LogP contribution is -2.31. The second kappa shape index (κ2) is 5.46. The van der Waals surface area contributed by atoms with E-state index in [1.165, 1.54) is 23.3 Å². The molecule has 1 aromatic heterocycles. The predicted octanol–water partition coefficient (Wildman–Crippen LogP) is 1.99. The Morgan fingerprint density at radius 1 is 1.59 bits per heavy atom. The molecule has 0 radical (unpaired) electrons. The van der Waals surface area contributed by atoms with Crippen molar-refractivity contribution in [3.63, 3.8) is 0 Å². The average Bonchev–Trinajstić information content (AvgIpc) is 2.61. The summed E-state index contributed by atoms with van der Waals surface area (Å²) in [4.78, 5) is 16.6. The molecule has 1 heterocycles. The van der Waals surface area contributed by atoms with Crippen molar-refractivity contribution in [2.45, 2.75) is 13.1 Å². The van der Waals surface area contributed by atoms with E-state index in [1.807, 2.05) is 0 Å². The van der Waals surface area contributed by atoms with Gasteiger partial charge in [-0.05, 0) is 6.92 Å². The number of carbonyl (C=O) groups is 1. The van der Waals surface area contributed by atoms with Crippen LogP contribution < -0.4 is 4.90 Å². The number of ether oxygens (including phenoxy) is 1. The Kier molecular flexibility index (Phi) is 4.47. The van der Waals surface area contributed by atoms with Gasteiger partial charge in [0.25, 0.3) is 5.91 Å². The van der Waals surface area contributed by atoms with E-state index < -0.39 is 25.3 Å². The van der Waals surface area contributed by atoms with Gasteiger partial charge in [0.1, 0.15) is 13.2 Å². The number of aromatic nitrogens is 1. The van der Waals surface area contributed by atoms with Crippen molar-refractivity contribution in [1.29, 1.82) is 0 Å². The first-order valence-electron chi connectivity index (χ1n) is 4.63. The average molecular weight is 268 g/mol. The lowest BCUT2D eigenvalue weighted by atomic mass is 10.5. The van der Waals surface area contributed by atoms with Crippen LogP contribution in [0.1, 0.15) is 5.69 Å². The summed E-state index contributed by atoms with van der Waals surface area (Å²) in [6, 6.07) is 0. The van der Waals surface area contributed by atoms with Gasteiger partial charge in [-0.1, -0.05) is 0 Å². The number of nitrogens with zero attached hydrogens (tertiary/aromatic N) is 2. The molecule has 0 N–H and O–H groups in total. The Hall–Kier alpha value is -1.15. The van der Waals surface area contributed by atoms with E-state index in [0.29, 0.717) is 5.13 Å². The number of thiazole rings is 1. The molecule has 0 aromatic carbocycles. The van der Waals surface area contributed by atoms with Crippen LogP contribution in [-0.4, -0.2) is 37.3 Å². The molecule has 0 unspecified atom stereocenters. The molecule has 1 rings (SSSR count). The van der Waals surface area contributed by atoms with Gasteiger partial charge in [0.05, 0.1) is 5.69 Å². The minimum absolute atomic E-state index is 0.433. The molecular weight excluding hydrogens is 257 g/mol. The number of anilines is 1. The highest BCUT2D eigenvalue weighted by Gasteiger charge is 2.28. The number of aryl methyl sites for hydroxylation is 1. The lowest BCUT2D eigenvalue weighted by Gasteiger charge is -2.14. The summed E-state index contributed by atoms with van der Waals surface area (Å²) in [6.07, 6.45) is -4.42. The number of rotatable bonds is 4. The third-order valence-corrected chi connectivity index (χ3v) is 2.79. The molecule has 0 spiro atoms. The van der Waals surface area contributed by atoms with E-state index in [4.69, 9.17) is 0 Å². The molecule has 96 valence electrons. The highest BCUT2D eigenvalue weighted by Crippen LogP contribution is 2.19. The summed E-state index contributed by atoms with van der Waals surface area (Å²) in [6.45, 7) is -0.281. The third kappa shape index (κ3) is 4.70. The molecule has 1 amide bonds. The van der Waals surface area contributed by atoms with E-state index >= 15 is 0 Å². The van der Waals surface area contributed by atoms with Gasteiger partial charge in [-0.2, -0.15) is 13.2 Å². The molecule has 4 nitrogen and oxygen atoms in total. The van der Waals surface area contributed by atoms with Gasteiger partial charge in [-0.3, -0.25) is 9.69 Å². The van der Waals surface area contributed by atoms with Crippen molar-refractivity contribution in [2.75, 3.05) is 25.2 Å². The van der Waals surface area contributed by atoms with Crippen molar-refractivity contribution in [1.82, 2.24) is 4.98 Å². The van der Waals surface area contributed by atoms with E-state index in [1.54, 1.807) is 12.3 Å². The standard InChI is InChI=1S/C9H11F3N2O2S/c1-6-4-17-8(13-6)14(2)7(15)3-16-5-9(10,11)12/h4H,3,5H2,1-2H3. The fraction of sp³-hybridized carbons (Fsp3) is 0.556. The van der Waals surface area contributed by atoms with Gasteiger partial charge < -0.3 is 4.74 Å². The fourth-order valence-electron chi connectivity index (χ4n) is 0.953. The highest BCUT2D eigenvalue weighted by molar-refractivity contribution is 7.14. The Labute approximate surface area is 100 Å². The minimum atomic E-state index is -4.42. The zero-order chi connectivity index (χ0) is 13.1. The lowest BCUT2D eigenvalue weighted by molar-refractivity contribution is -0.175. The van der Waals surface area contributed by atoms with Gasteiger partial charge in [-0.25, -0.2) is 4.98 Å². The van der Waals surface area contributed by atoms with Crippen molar-refractivity contribution in [3.8, 4) is 0 Å². The number of amides is 1. The molecule has 8 heteroatoms. The van der Waals surface area contributed by atoms with Crippen LogP contribution in [0.25, 0.3) is 0 Å².